The molecule has 0 spiro atoms. The molecule has 1 aromatic rings. The van der Waals surface area contributed by atoms with Crippen molar-refractivity contribution in [3.05, 3.63) is 29.8 Å². The van der Waals surface area contributed by atoms with Gasteiger partial charge in [0.05, 0.1) is 0 Å². The molecular weight excluding hydrogens is 214 g/mol. The first-order valence-electron chi connectivity index (χ1n) is 6.39. The average Bonchev–Trinajstić information content (AvgIpc) is 2.32. The summed E-state index contributed by atoms with van der Waals surface area (Å²) in [5.41, 5.74) is 1.17. The number of likely N-dealkylation sites (tertiary alicyclic amines) is 1. The number of rotatable bonds is 4. The Hall–Kier alpha value is -1.06. The minimum atomic E-state index is 0.317. The lowest BCUT2D eigenvalue weighted by Gasteiger charge is -2.31. The lowest BCUT2D eigenvalue weighted by molar-refractivity contribution is 0.153. The highest BCUT2D eigenvalue weighted by Gasteiger charge is 2.18. The van der Waals surface area contributed by atoms with Gasteiger partial charge in [-0.3, -0.25) is 4.90 Å². The van der Waals surface area contributed by atoms with Gasteiger partial charge in [-0.1, -0.05) is 12.1 Å². The molecule has 1 aromatic carbocycles. The fourth-order valence-corrected chi connectivity index (χ4v) is 2.53. The van der Waals surface area contributed by atoms with Crippen LogP contribution in [0.4, 0.5) is 0 Å². The quantitative estimate of drug-likeness (QED) is 0.838. The van der Waals surface area contributed by atoms with Gasteiger partial charge >= 0.3 is 0 Å². The van der Waals surface area contributed by atoms with Crippen molar-refractivity contribution in [3.63, 3.8) is 0 Å². The first-order valence-corrected chi connectivity index (χ1v) is 6.39. The summed E-state index contributed by atoms with van der Waals surface area (Å²) >= 11 is 0. The van der Waals surface area contributed by atoms with Crippen LogP contribution in [0.5, 0.6) is 5.75 Å². The van der Waals surface area contributed by atoms with Crippen molar-refractivity contribution in [3.8, 4) is 5.75 Å². The van der Waals surface area contributed by atoms with Gasteiger partial charge in [-0.2, -0.15) is 0 Å². The van der Waals surface area contributed by atoms with Crippen LogP contribution in [0, 0.1) is 5.92 Å². The molecule has 17 heavy (non-hydrogen) atoms. The number of phenolic OH excluding ortho intramolecular Hbond substituents is 1. The second-order valence-electron chi connectivity index (χ2n) is 4.90. The minimum Gasteiger partial charge on any atom is -0.508 e. The van der Waals surface area contributed by atoms with E-state index in [4.69, 9.17) is 5.11 Å². The normalized spacial score (nSPS) is 18.4. The van der Waals surface area contributed by atoms with Crippen molar-refractivity contribution in [2.45, 2.75) is 25.8 Å². The summed E-state index contributed by atoms with van der Waals surface area (Å²) in [5.74, 6) is 1.04. The summed E-state index contributed by atoms with van der Waals surface area (Å²) in [5, 5.41) is 18.3. The molecule has 94 valence electrons. The van der Waals surface area contributed by atoms with E-state index < -0.39 is 0 Å². The molecule has 0 bridgehead atoms. The summed E-state index contributed by atoms with van der Waals surface area (Å²) in [6.07, 6.45) is 3.30. The molecule has 3 nitrogen and oxygen atoms in total. The van der Waals surface area contributed by atoms with Crippen LogP contribution in [-0.2, 0) is 6.54 Å². The maximum atomic E-state index is 9.41. The number of phenols is 1. The van der Waals surface area contributed by atoms with Crippen LogP contribution in [0.25, 0.3) is 0 Å². The zero-order valence-corrected chi connectivity index (χ0v) is 10.2. The Morgan fingerprint density at radius 1 is 1.24 bits per heavy atom. The van der Waals surface area contributed by atoms with Crippen molar-refractivity contribution in [1.82, 2.24) is 4.90 Å². The van der Waals surface area contributed by atoms with Crippen LogP contribution in [0.3, 0.4) is 0 Å². The van der Waals surface area contributed by atoms with Crippen LogP contribution in [0.1, 0.15) is 24.8 Å². The Kier molecular flexibility index (Phi) is 4.40. The second kappa shape index (κ2) is 6.03. The van der Waals surface area contributed by atoms with E-state index in [1.165, 1.54) is 18.4 Å². The molecule has 2 N–H and O–H groups in total. The highest BCUT2D eigenvalue weighted by molar-refractivity contribution is 5.26. The van der Waals surface area contributed by atoms with Crippen molar-refractivity contribution in [2.75, 3.05) is 19.7 Å². The second-order valence-corrected chi connectivity index (χ2v) is 4.90. The van der Waals surface area contributed by atoms with Crippen molar-refractivity contribution in [2.24, 2.45) is 5.92 Å². The maximum Gasteiger partial charge on any atom is 0.115 e. The molecule has 0 saturated carbocycles. The van der Waals surface area contributed by atoms with Gasteiger partial charge in [-0.25, -0.2) is 0 Å². The summed E-state index contributed by atoms with van der Waals surface area (Å²) < 4.78 is 0. The molecule has 0 atom stereocenters. The van der Waals surface area contributed by atoms with E-state index in [0.29, 0.717) is 18.3 Å². The number of aliphatic hydroxyl groups excluding tert-OH is 1. The highest BCUT2D eigenvalue weighted by Crippen LogP contribution is 2.22. The molecule has 0 radical (unpaired) electrons. The summed E-state index contributed by atoms with van der Waals surface area (Å²) in [6.45, 7) is 3.43. The Labute approximate surface area is 103 Å². The average molecular weight is 235 g/mol. The van der Waals surface area contributed by atoms with E-state index in [9.17, 15) is 5.11 Å². The number of piperidine rings is 1. The van der Waals surface area contributed by atoms with Gasteiger partial charge in [0.15, 0.2) is 0 Å². The van der Waals surface area contributed by atoms with Gasteiger partial charge < -0.3 is 10.2 Å². The summed E-state index contributed by atoms with van der Waals surface area (Å²) in [6, 6.07) is 7.49. The standard InChI is InChI=1S/C14H21NO2/c16-9-6-12-4-7-15(8-5-12)11-13-2-1-3-14(17)10-13/h1-3,10,12,16-17H,4-9,11H2. The van der Waals surface area contributed by atoms with Crippen LogP contribution in [0.15, 0.2) is 24.3 Å². The molecule has 0 aromatic heterocycles. The molecule has 0 amide bonds. The van der Waals surface area contributed by atoms with Crippen LogP contribution < -0.4 is 0 Å². The fraction of sp³-hybridized carbons (Fsp3) is 0.571. The first kappa shape index (κ1) is 12.4. The van der Waals surface area contributed by atoms with Gasteiger partial charge in [0.1, 0.15) is 5.75 Å². The van der Waals surface area contributed by atoms with Gasteiger partial charge in [0.2, 0.25) is 0 Å². The molecular formula is C14H21NO2. The Balaban J connectivity index is 1.82. The minimum absolute atomic E-state index is 0.317. The van der Waals surface area contributed by atoms with Crippen molar-refractivity contribution >= 4 is 0 Å². The van der Waals surface area contributed by atoms with E-state index in [1.807, 2.05) is 12.1 Å². The SMILES string of the molecule is OCCC1CCN(Cc2cccc(O)c2)CC1. The van der Waals surface area contributed by atoms with Gasteiger partial charge in [-0.05, 0) is 56.0 Å². The zero-order valence-electron chi connectivity index (χ0n) is 10.2. The number of aromatic hydroxyl groups is 1. The van der Waals surface area contributed by atoms with E-state index in [1.54, 1.807) is 6.07 Å². The third-order valence-corrected chi connectivity index (χ3v) is 3.56. The topological polar surface area (TPSA) is 43.7 Å². The fourth-order valence-electron chi connectivity index (χ4n) is 2.53. The van der Waals surface area contributed by atoms with Gasteiger partial charge in [0, 0.05) is 13.2 Å². The highest BCUT2D eigenvalue weighted by atomic mass is 16.3. The van der Waals surface area contributed by atoms with E-state index in [-0.39, 0.29) is 0 Å². The van der Waals surface area contributed by atoms with Crippen molar-refractivity contribution in [1.29, 1.82) is 0 Å². The smallest absolute Gasteiger partial charge is 0.115 e. The van der Waals surface area contributed by atoms with Crippen LogP contribution >= 0.6 is 0 Å². The number of aliphatic hydroxyl groups is 1. The number of hydrogen-bond acceptors (Lipinski definition) is 3. The number of hydrogen-bond donors (Lipinski definition) is 2. The zero-order chi connectivity index (χ0) is 12.1. The maximum absolute atomic E-state index is 9.41. The van der Waals surface area contributed by atoms with Crippen molar-refractivity contribution < 1.29 is 10.2 Å². The molecule has 1 heterocycles. The molecule has 0 aliphatic carbocycles. The molecule has 2 rings (SSSR count). The molecule has 1 aliphatic heterocycles. The van der Waals surface area contributed by atoms with Crippen LogP contribution in [0.2, 0.25) is 0 Å². The third kappa shape index (κ3) is 3.72. The number of nitrogens with zero attached hydrogens (tertiary/aromatic N) is 1. The lowest BCUT2D eigenvalue weighted by Crippen LogP contribution is -2.33. The molecule has 1 aliphatic rings. The molecule has 0 unspecified atom stereocenters. The number of benzene rings is 1. The Bertz CT molecular complexity index is 346. The van der Waals surface area contributed by atoms with Gasteiger partial charge in [0.25, 0.3) is 0 Å². The third-order valence-electron chi connectivity index (χ3n) is 3.56. The summed E-state index contributed by atoms with van der Waals surface area (Å²) in [7, 11) is 0. The van der Waals surface area contributed by atoms with Crippen LogP contribution in [-0.4, -0.2) is 34.8 Å². The Morgan fingerprint density at radius 3 is 2.65 bits per heavy atom. The largest absolute Gasteiger partial charge is 0.508 e. The monoisotopic (exact) mass is 235 g/mol. The van der Waals surface area contributed by atoms with E-state index in [0.717, 1.165) is 26.1 Å². The van der Waals surface area contributed by atoms with Gasteiger partial charge in [-0.15, -0.1) is 0 Å². The predicted octanol–water partition coefficient (Wildman–Crippen LogP) is 1.99. The molecule has 1 fully saturated rings. The van der Waals surface area contributed by atoms with E-state index >= 15 is 0 Å². The molecule has 1 saturated heterocycles. The van der Waals surface area contributed by atoms with E-state index in [2.05, 4.69) is 11.0 Å². The lowest BCUT2D eigenvalue weighted by atomic mass is 9.94. The summed E-state index contributed by atoms with van der Waals surface area (Å²) in [4.78, 5) is 2.42. The first-order chi connectivity index (χ1) is 8.28. The molecule has 3 heteroatoms. The predicted molar refractivity (Wildman–Crippen MR) is 67.8 cm³/mol. The Morgan fingerprint density at radius 2 is 2.00 bits per heavy atom.